The lowest BCUT2D eigenvalue weighted by molar-refractivity contribution is -0.136. The minimum absolute atomic E-state index is 0.210. The number of aryl methyl sites for hydroxylation is 2. The lowest BCUT2D eigenvalue weighted by Gasteiger charge is -2.06. The average Bonchev–Trinajstić information content (AvgIpc) is 3.14. The summed E-state index contributed by atoms with van der Waals surface area (Å²) < 4.78 is 6.87. The van der Waals surface area contributed by atoms with E-state index in [2.05, 4.69) is 5.10 Å². The number of carbonyl (C=O) groups is 2. The van der Waals surface area contributed by atoms with Crippen molar-refractivity contribution < 1.29 is 14.3 Å². The van der Waals surface area contributed by atoms with E-state index in [9.17, 15) is 9.59 Å². The van der Waals surface area contributed by atoms with Crippen LogP contribution in [0.3, 0.4) is 0 Å². The molecule has 0 bridgehead atoms. The quantitative estimate of drug-likeness (QED) is 0.356. The van der Waals surface area contributed by atoms with E-state index in [4.69, 9.17) is 4.74 Å². The molecule has 3 rings (SSSR count). The smallest absolute Gasteiger partial charge is 0.331 e. The van der Waals surface area contributed by atoms with Crippen LogP contribution in [0.25, 0.3) is 6.08 Å². The standard InChI is InChI=1S/C23H22N2O3/c1-17-8-9-18(2)21(12-17)22(26)16-28-23(27)11-10-20-13-24-25(15-20)14-19-6-4-3-5-7-19/h3-13,15H,14,16H2,1-2H3/b11-10+. The molecular formula is C23H22N2O3. The van der Waals surface area contributed by atoms with Gasteiger partial charge in [0.2, 0.25) is 5.78 Å². The van der Waals surface area contributed by atoms with Crippen LogP contribution in [0.2, 0.25) is 0 Å². The van der Waals surface area contributed by atoms with E-state index in [1.165, 1.54) is 6.08 Å². The fraction of sp³-hybridized carbons (Fsp3) is 0.174. The Morgan fingerprint density at radius 3 is 2.68 bits per heavy atom. The molecule has 0 spiro atoms. The molecule has 5 heteroatoms. The van der Waals surface area contributed by atoms with Crippen LogP contribution in [-0.4, -0.2) is 28.1 Å². The average molecular weight is 374 g/mol. The third kappa shape index (κ3) is 5.27. The number of nitrogens with zero attached hydrogens (tertiary/aromatic N) is 2. The first-order chi connectivity index (χ1) is 13.5. The summed E-state index contributed by atoms with van der Waals surface area (Å²) in [6.07, 6.45) is 6.45. The zero-order chi connectivity index (χ0) is 19.9. The van der Waals surface area contributed by atoms with E-state index in [1.807, 2.05) is 68.6 Å². The Hall–Kier alpha value is -3.47. The Balaban J connectivity index is 1.53. The van der Waals surface area contributed by atoms with Gasteiger partial charge in [-0.1, -0.05) is 48.0 Å². The van der Waals surface area contributed by atoms with Gasteiger partial charge in [-0.05, 0) is 37.1 Å². The minimum Gasteiger partial charge on any atom is -0.454 e. The normalized spacial score (nSPS) is 10.9. The molecule has 28 heavy (non-hydrogen) atoms. The fourth-order valence-electron chi connectivity index (χ4n) is 2.79. The molecule has 0 amide bonds. The highest BCUT2D eigenvalue weighted by Crippen LogP contribution is 2.12. The molecule has 0 saturated carbocycles. The van der Waals surface area contributed by atoms with Gasteiger partial charge in [0.25, 0.3) is 0 Å². The van der Waals surface area contributed by atoms with Crippen LogP contribution in [0.5, 0.6) is 0 Å². The van der Waals surface area contributed by atoms with E-state index < -0.39 is 5.97 Å². The summed E-state index contributed by atoms with van der Waals surface area (Å²) >= 11 is 0. The fourth-order valence-corrected chi connectivity index (χ4v) is 2.79. The summed E-state index contributed by atoms with van der Waals surface area (Å²) in [5.41, 5.74) is 4.37. The van der Waals surface area contributed by atoms with Gasteiger partial charge in [0.05, 0.1) is 12.7 Å². The summed E-state index contributed by atoms with van der Waals surface area (Å²) in [4.78, 5) is 24.2. The molecule has 2 aromatic carbocycles. The van der Waals surface area contributed by atoms with Gasteiger partial charge in [-0.25, -0.2) is 4.79 Å². The van der Waals surface area contributed by atoms with Gasteiger partial charge in [-0.15, -0.1) is 0 Å². The van der Waals surface area contributed by atoms with E-state index >= 15 is 0 Å². The summed E-state index contributed by atoms with van der Waals surface area (Å²) in [5, 5.41) is 4.28. The molecule has 0 atom stereocenters. The van der Waals surface area contributed by atoms with Gasteiger partial charge >= 0.3 is 5.97 Å². The molecule has 0 N–H and O–H groups in total. The molecule has 1 aromatic heterocycles. The maximum absolute atomic E-state index is 12.3. The number of carbonyl (C=O) groups excluding carboxylic acids is 2. The number of Topliss-reactive ketones (excluding diaryl/α,β-unsaturated/α-hetero) is 1. The molecule has 0 unspecified atom stereocenters. The van der Waals surface area contributed by atoms with Gasteiger partial charge in [-0.3, -0.25) is 9.48 Å². The number of hydrogen-bond donors (Lipinski definition) is 0. The number of benzene rings is 2. The highest BCUT2D eigenvalue weighted by atomic mass is 16.5. The number of ether oxygens (including phenoxy) is 1. The minimum atomic E-state index is -0.561. The molecule has 0 fully saturated rings. The molecule has 142 valence electrons. The SMILES string of the molecule is Cc1ccc(C)c(C(=O)COC(=O)/C=C/c2cnn(Cc3ccccc3)c2)c1. The monoisotopic (exact) mass is 374 g/mol. The van der Waals surface area contributed by atoms with Crippen molar-refractivity contribution in [2.24, 2.45) is 0 Å². The molecule has 1 heterocycles. The molecule has 5 nitrogen and oxygen atoms in total. The molecule has 0 radical (unpaired) electrons. The Labute approximate surface area is 164 Å². The second-order valence-corrected chi connectivity index (χ2v) is 6.64. The molecule has 0 aliphatic carbocycles. The van der Waals surface area contributed by atoms with Crippen molar-refractivity contribution in [1.82, 2.24) is 9.78 Å². The van der Waals surface area contributed by atoms with Gasteiger partial charge in [0.1, 0.15) is 0 Å². The lowest BCUT2D eigenvalue weighted by Crippen LogP contribution is -2.13. The van der Waals surface area contributed by atoms with Crippen molar-refractivity contribution in [1.29, 1.82) is 0 Å². The van der Waals surface area contributed by atoms with Gasteiger partial charge in [0, 0.05) is 23.4 Å². The second-order valence-electron chi connectivity index (χ2n) is 6.64. The number of aromatic nitrogens is 2. The van der Waals surface area contributed by atoms with Crippen molar-refractivity contribution in [3.05, 3.63) is 94.8 Å². The number of rotatable bonds is 7. The maximum atomic E-state index is 12.3. The second kappa shape index (κ2) is 8.95. The zero-order valence-corrected chi connectivity index (χ0v) is 16.0. The third-order valence-corrected chi connectivity index (χ3v) is 4.29. The summed E-state index contributed by atoms with van der Waals surface area (Å²) in [5.74, 6) is -0.770. The van der Waals surface area contributed by atoms with Crippen molar-refractivity contribution >= 4 is 17.8 Å². The van der Waals surface area contributed by atoms with Crippen LogP contribution in [0.1, 0.15) is 32.6 Å². The van der Waals surface area contributed by atoms with Gasteiger partial charge in [0.15, 0.2) is 6.61 Å². The molecule has 0 aliphatic rings. The van der Waals surface area contributed by atoms with Crippen LogP contribution < -0.4 is 0 Å². The zero-order valence-electron chi connectivity index (χ0n) is 16.0. The van der Waals surface area contributed by atoms with Crippen molar-refractivity contribution in [2.75, 3.05) is 6.61 Å². The van der Waals surface area contributed by atoms with Crippen LogP contribution >= 0.6 is 0 Å². The highest BCUT2D eigenvalue weighted by molar-refractivity contribution is 6.00. The third-order valence-electron chi connectivity index (χ3n) is 4.29. The Morgan fingerprint density at radius 2 is 1.89 bits per heavy atom. The highest BCUT2D eigenvalue weighted by Gasteiger charge is 2.11. The maximum Gasteiger partial charge on any atom is 0.331 e. The van der Waals surface area contributed by atoms with E-state index in [0.29, 0.717) is 12.1 Å². The van der Waals surface area contributed by atoms with E-state index in [0.717, 1.165) is 22.3 Å². The molecule has 3 aromatic rings. The van der Waals surface area contributed by atoms with Crippen LogP contribution in [-0.2, 0) is 16.1 Å². The Kier molecular flexibility index (Phi) is 6.17. The summed E-state index contributed by atoms with van der Waals surface area (Å²) in [6, 6.07) is 15.6. The first-order valence-corrected chi connectivity index (χ1v) is 9.03. The van der Waals surface area contributed by atoms with Crippen LogP contribution in [0.4, 0.5) is 0 Å². The van der Waals surface area contributed by atoms with Crippen LogP contribution in [0, 0.1) is 13.8 Å². The summed E-state index contributed by atoms with van der Waals surface area (Å²) in [7, 11) is 0. The molecule has 0 aliphatic heterocycles. The summed E-state index contributed by atoms with van der Waals surface area (Å²) in [6.45, 7) is 4.16. The Morgan fingerprint density at radius 1 is 1.11 bits per heavy atom. The number of hydrogen-bond acceptors (Lipinski definition) is 4. The van der Waals surface area contributed by atoms with Gasteiger partial charge in [-0.2, -0.15) is 5.10 Å². The van der Waals surface area contributed by atoms with E-state index in [1.54, 1.807) is 17.0 Å². The van der Waals surface area contributed by atoms with Crippen molar-refractivity contribution in [3.8, 4) is 0 Å². The van der Waals surface area contributed by atoms with Crippen molar-refractivity contribution in [3.63, 3.8) is 0 Å². The van der Waals surface area contributed by atoms with E-state index in [-0.39, 0.29) is 12.4 Å². The van der Waals surface area contributed by atoms with Crippen molar-refractivity contribution in [2.45, 2.75) is 20.4 Å². The van der Waals surface area contributed by atoms with Crippen LogP contribution in [0.15, 0.2) is 67.0 Å². The first kappa shape index (κ1) is 19.3. The predicted molar refractivity (Wildman–Crippen MR) is 108 cm³/mol. The molecule has 0 saturated heterocycles. The number of ketones is 1. The first-order valence-electron chi connectivity index (χ1n) is 9.03. The van der Waals surface area contributed by atoms with Gasteiger partial charge < -0.3 is 4.74 Å². The Bertz CT molecular complexity index is 1000. The topological polar surface area (TPSA) is 61.2 Å². The number of esters is 1. The predicted octanol–water partition coefficient (Wildman–Crippen LogP) is 3.99. The molecular weight excluding hydrogens is 352 g/mol. The lowest BCUT2D eigenvalue weighted by atomic mass is 10.0. The largest absolute Gasteiger partial charge is 0.454 e.